The number of carbonyl (C=O) groups is 1. The second-order valence-electron chi connectivity index (χ2n) is 4.41. The van der Waals surface area contributed by atoms with Gasteiger partial charge in [0.1, 0.15) is 5.75 Å². The fraction of sp³-hybridized carbons (Fsp3) is 0.462. The van der Waals surface area contributed by atoms with Crippen LogP contribution in [-0.4, -0.2) is 22.0 Å². The van der Waals surface area contributed by atoms with Crippen LogP contribution < -0.4 is 0 Å². The zero-order valence-electron chi connectivity index (χ0n) is 9.73. The number of hydrogen-bond acceptors (Lipinski definition) is 2. The predicted molar refractivity (Wildman–Crippen MR) is 62.4 cm³/mol. The standard InChI is InChI=1S/C13H17NO2/c1-3-4-9(2)14-8-10-7-11(15)5-6-12(10)13(14)16/h5-7,9,15H,3-4,8H2,1-2H3. The maximum atomic E-state index is 12.1. The predicted octanol–water partition coefficient (Wildman–Crippen LogP) is 2.54. The number of benzene rings is 1. The van der Waals surface area contributed by atoms with E-state index in [1.54, 1.807) is 18.2 Å². The van der Waals surface area contributed by atoms with E-state index in [1.807, 2.05) is 4.90 Å². The van der Waals surface area contributed by atoms with Crippen molar-refractivity contribution in [3.63, 3.8) is 0 Å². The summed E-state index contributed by atoms with van der Waals surface area (Å²) in [5.41, 5.74) is 1.67. The van der Waals surface area contributed by atoms with Crippen molar-refractivity contribution in [2.45, 2.75) is 39.3 Å². The first-order valence-electron chi connectivity index (χ1n) is 5.76. The Morgan fingerprint density at radius 2 is 2.25 bits per heavy atom. The zero-order valence-corrected chi connectivity index (χ0v) is 9.73. The lowest BCUT2D eigenvalue weighted by Crippen LogP contribution is -2.33. The summed E-state index contributed by atoms with van der Waals surface area (Å²) >= 11 is 0. The molecule has 1 atom stereocenters. The summed E-state index contributed by atoms with van der Waals surface area (Å²) in [7, 11) is 0. The molecule has 1 aliphatic rings. The third-order valence-corrected chi connectivity index (χ3v) is 3.16. The first-order valence-corrected chi connectivity index (χ1v) is 5.76. The van der Waals surface area contributed by atoms with Gasteiger partial charge in [-0.2, -0.15) is 0 Å². The van der Waals surface area contributed by atoms with Crippen molar-refractivity contribution in [2.75, 3.05) is 0 Å². The van der Waals surface area contributed by atoms with Crippen molar-refractivity contribution in [1.82, 2.24) is 4.90 Å². The molecule has 1 N–H and O–H groups in total. The highest BCUT2D eigenvalue weighted by Crippen LogP contribution is 2.28. The van der Waals surface area contributed by atoms with Crippen LogP contribution in [0.3, 0.4) is 0 Å². The molecule has 0 fully saturated rings. The maximum Gasteiger partial charge on any atom is 0.254 e. The summed E-state index contributed by atoms with van der Waals surface area (Å²) in [4.78, 5) is 14.0. The average molecular weight is 219 g/mol. The smallest absolute Gasteiger partial charge is 0.254 e. The zero-order chi connectivity index (χ0) is 11.7. The molecule has 0 bridgehead atoms. The lowest BCUT2D eigenvalue weighted by molar-refractivity contribution is 0.0709. The molecule has 1 heterocycles. The minimum Gasteiger partial charge on any atom is -0.508 e. The van der Waals surface area contributed by atoms with E-state index in [1.165, 1.54) is 0 Å². The number of hydrogen-bond donors (Lipinski definition) is 1. The number of amides is 1. The summed E-state index contributed by atoms with van der Waals surface area (Å²) in [6.45, 7) is 4.83. The lowest BCUT2D eigenvalue weighted by Gasteiger charge is -2.23. The van der Waals surface area contributed by atoms with E-state index in [2.05, 4.69) is 13.8 Å². The van der Waals surface area contributed by atoms with Crippen LogP contribution in [0.25, 0.3) is 0 Å². The van der Waals surface area contributed by atoms with E-state index in [4.69, 9.17) is 0 Å². The molecule has 1 aliphatic heterocycles. The first kappa shape index (κ1) is 11.0. The summed E-state index contributed by atoms with van der Waals surface area (Å²) in [6.07, 6.45) is 2.10. The van der Waals surface area contributed by atoms with Crippen LogP contribution in [0.4, 0.5) is 0 Å². The Hall–Kier alpha value is -1.51. The van der Waals surface area contributed by atoms with E-state index < -0.39 is 0 Å². The van der Waals surface area contributed by atoms with Gasteiger partial charge in [-0.25, -0.2) is 0 Å². The molecular weight excluding hydrogens is 202 g/mol. The second kappa shape index (κ2) is 4.16. The highest BCUT2D eigenvalue weighted by atomic mass is 16.3. The third-order valence-electron chi connectivity index (χ3n) is 3.16. The van der Waals surface area contributed by atoms with Crippen LogP contribution in [0, 0.1) is 0 Å². The van der Waals surface area contributed by atoms with Gasteiger partial charge in [-0.05, 0) is 37.1 Å². The quantitative estimate of drug-likeness (QED) is 0.848. The van der Waals surface area contributed by atoms with Crippen molar-refractivity contribution in [3.8, 4) is 5.75 Å². The average Bonchev–Trinajstić information content (AvgIpc) is 2.56. The Balaban J connectivity index is 2.23. The van der Waals surface area contributed by atoms with Crippen molar-refractivity contribution >= 4 is 5.91 Å². The van der Waals surface area contributed by atoms with E-state index >= 15 is 0 Å². The molecule has 1 amide bonds. The Bertz CT molecular complexity index is 414. The van der Waals surface area contributed by atoms with Gasteiger partial charge in [-0.3, -0.25) is 4.79 Å². The van der Waals surface area contributed by atoms with Crippen molar-refractivity contribution in [2.24, 2.45) is 0 Å². The van der Waals surface area contributed by atoms with Crippen molar-refractivity contribution in [1.29, 1.82) is 0 Å². The summed E-state index contributed by atoms with van der Waals surface area (Å²) < 4.78 is 0. The van der Waals surface area contributed by atoms with Gasteiger partial charge in [0.15, 0.2) is 0 Å². The maximum absolute atomic E-state index is 12.1. The van der Waals surface area contributed by atoms with Gasteiger partial charge in [0.2, 0.25) is 0 Å². The Labute approximate surface area is 95.7 Å². The third kappa shape index (κ3) is 1.77. The van der Waals surface area contributed by atoms with Crippen LogP contribution in [0.5, 0.6) is 5.75 Å². The number of nitrogens with zero attached hydrogens (tertiary/aromatic N) is 1. The highest BCUT2D eigenvalue weighted by molar-refractivity contribution is 5.98. The molecule has 1 aromatic rings. The van der Waals surface area contributed by atoms with Gasteiger partial charge < -0.3 is 10.0 Å². The molecule has 16 heavy (non-hydrogen) atoms. The second-order valence-corrected chi connectivity index (χ2v) is 4.41. The molecule has 0 saturated carbocycles. The van der Waals surface area contributed by atoms with Crippen LogP contribution in [0.2, 0.25) is 0 Å². The van der Waals surface area contributed by atoms with E-state index in [0.29, 0.717) is 6.54 Å². The lowest BCUT2D eigenvalue weighted by atomic mass is 10.1. The fourth-order valence-electron chi connectivity index (χ4n) is 2.26. The number of aromatic hydroxyl groups is 1. The molecule has 0 spiro atoms. The van der Waals surface area contributed by atoms with Crippen molar-refractivity contribution in [3.05, 3.63) is 29.3 Å². The molecule has 1 unspecified atom stereocenters. The van der Waals surface area contributed by atoms with E-state index in [-0.39, 0.29) is 17.7 Å². The molecule has 3 heteroatoms. The van der Waals surface area contributed by atoms with Gasteiger partial charge >= 0.3 is 0 Å². The number of rotatable bonds is 3. The summed E-state index contributed by atoms with van der Waals surface area (Å²) in [5, 5.41) is 9.38. The summed E-state index contributed by atoms with van der Waals surface area (Å²) in [6, 6.07) is 5.24. The SMILES string of the molecule is CCCC(C)N1Cc2cc(O)ccc2C1=O. The summed E-state index contributed by atoms with van der Waals surface area (Å²) in [5.74, 6) is 0.326. The number of phenolic OH excluding ortho intramolecular Hbond substituents is 1. The Kier molecular flexibility index (Phi) is 2.86. The normalized spacial score (nSPS) is 16.4. The largest absolute Gasteiger partial charge is 0.508 e. The van der Waals surface area contributed by atoms with Crippen molar-refractivity contribution < 1.29 is 9.90 Å². The van der Waals surface area contributed by atoms with Crippen LogP contribution >= 0.6 is 0 Å². The molecular formula is C13H17NO2. The van der Waals surface area contributed by atoms with Gasteiger partial charge in [0.25, 0.3) is 5.91 Å². The van der Waals surface area contributed by atoms with Gasteiger partial charge in [0.05, 0.1) is 0 Å². The van der Waals surface area contributed by atoms with E-state index in [9.17, 15) is 9.90 Å². The van der Waals surface area contributed by atoms with Gasteiger partial charge in [0, 0.05) is 18.2 Å². The van der Waals surface area contributed by atoms with Gasteiger partial charge in [-0.1, -0.05) is 13.3 Å². The number of carbonyl (C=O) groups excluding carboxylic acids is 1. The molecule has 0 saturated heterocycles. The number of phenols is 1. The Morgan fingerprint density at radius 3 is 2.94 bits per heavy atom. The van der Waals surface area contributed by atoms with Crippen LogP contribution in [0.1, 0.15) is 42.6 Å². The first-order chi connectivity index (χ1) is 7.63. The molecule has 0 radical (unpaired) electrons. The minimum atomic E-state index is 0.0935. The monoisotopic (exact) mass is 219 g/mol. The molecule has 3 nitrogen and oxygen atoms in total. The molecule has 2 rings (SSSR count). The Morgan fingerprint density at radius 1 is 1.50 bits per heavy atom. The molecule has 0 aliphatic carbocycles. The molecule has 0 aromatic heterocycles. The molecule has 1 aromatic carbocycles. The fourth-order valence-corrected chi connectivity index (χ4v) is 2.26. The highest BCUT2D eigenvalue weighted by Gasteiger charge is 2.30. The van der Waals surface area contributed by atoms with E-state index in [0.717, 1.165) is 24.0 Å². The minimum absolute atomic E-state index is 0.0935. The molecule has 86 valence electrons. The number of fused-ring (bicyclic) bond motifs is 1. The van der Waals surface area contributed by atoms with Gasteiger partial charge in [-0.15, -0.1) is 0 Å². The topological polar surface area (TPSA) is 40.5 Å². The van der Waals surface area contributed by atoms with Crippen LogP contribution in [-0.2, 0) is 6.54 Å². The van der Waals surface area contributed by atoms with Crippen LogP contribution in [0.15, 0.2) is 18.2 Å².